The van der Waals surface area contributed by atoms with Crippen LogP contribution in [0.3, 0.4) is 0 Å². The maximum absolute atomic E-state index is 4.18. The summed E-state index contributed by atoms with van der Waals surface area (Å²) in [4.78, 5) is 4.92. The van der Waals surface area contributed by atoms with Crippen LogP contribution >= 0.6 is 0 Å². The van der Waals surface area contributed by atoms with Gasteiger partial charge in [0.15, 0.2) is 0 Å². The Morgan fingerprint density at radius 2 is 1.70 bits per heavy atom. The molecule has 1 aliphatic heterocycles. The Hall–Kier alpha value is -2.24. The molecule has 118 valence electrons. The molecule has 1 N–H and O–H groups in total. The summed E-state index contributed by atoms with van der Waals surface area (Å²) in [5, 5.41) is 11.0. The van der Waals surface area contributed by atoms with E-state index < -0.39 is 0 Å². The van der Waals surface area contributed by atoms with Crippen LogP contribution in [-0.4, -0.2) is 58.4 Å². The fourth-order valence-electron chi connectivity index (χ4n) is 3.13. The van der Waals surface area contributed by atoms with Gasteiger partial charge < -0.3 is 4.90 Å². The zero-order chi connectivity index (χ0) is 15.6. The van der Waals surface area contributed by atoms with Crippen molar-refractivity contribution in [1.82, 2.24) is 25.2 Å². The minimum atomic E-state index is 0.905. The molecule has 4 rings (SSSR count). The van der Waals surface area contributed by atoms with Crippen molar-refractivity contribution in [2.75, 3.05) is 33.2 Å². The van der Waals surface area contributed by atoms with E-state index in [4.69, 9.17) is 0 Å². The maximum atomic E-state index is 4.18. The van der Waals surface area contributed by atoms with Crippen molar-refractivity contribution in [1.29, 1.82) is 0 Å². The van der Waals surface area contributed by atoms with E-state index in [2.05, 4.69) is 68.7 Å². The highest BCUT2D eigenvalue weighted by molar-refractivity contribution is 5.80. The molecule has 23 heavy (non-hydrogen) atoms. The Labute approximate surface area is 135 Å². The van der Waals surface area contributed by atoms with Gasteiger partial charge in [-0.05, 0) is 41.9 Å². The minimum absolute atomic E-state index is 0.905. The monoisotopic (exact) mass is 307 g/mol. The van der Waals surface area contributed by atoms with Crippen LogP contribution in [0.25, 0.3) is 22.2 Å². The summed E-state index contributed by atoms with van der Waals surface area (Å²) < 4.78 is 0. The molecule has 3 aromatic rings. The van der Waals surface area contributed by atoms with Crippen molar-refractivity contribution in [2.45, 2.75) is 6.54 Å². The third kappa shape index (κ3) is 3.11. The summed E-state index contributed by atoms with van der Waals surface area (Å²) in [6, 6.07) is 15.0. The lowest BCUT2D eigenvalue weighted by Crippen LogP contribution is -2.43. The summed E-state index contributed by atoms with van der Waals surface area (Å²) in [6.45, 7) is 5.62. The lowest BCUT2D eigenvalue weighted by Gasteiger charge is -2.32. The first kappa shape index (κ1) is 14.4. The van der Waals surface area contributed by atoms with E-state index in [9.17, 15) is 0 Å². The highest BCUT2D eigenvalue weighted by Gasteiger charge is 2.14. The van der Waals surface area contributed by atoms with Crippen molar-refractivity contribution in [3.05, 3.63) is 48.0 Å². The van der Waals surface area contributed by atoms with Crippen LogP contribution in [-0.2, 0) is 6.54 Å². The third-order valence-electron chi connectivity index (χ3n) is 4.58. The van der Waals surface area contributed by atoms with Gasteiger partial charge in [0.1, 0.15) is 11.0 Å². The fraction of sp³-hybridized carbons (Fsp3) is 0.333. The first-order chi connectivity index (χ1) is 11.3. The first-order valence-corrected chi connectivity index (χ1v) is 8.09. The number of piperazine rings is 1. The number of likely N-dealkylation sites (N-methyl/N-ethyl adjacent to an activating group) is 1. The molecule has 0 bridgehead atoms. The second kappa shape index (κ2) is 6.10. The molecule has 1 fully saturated rings. The maximum Gasteiger partial charge on any atom is 0.113 e. The first-order valence-electron chi connectivity index (χ1n) is 8.09. The standard InChI is InChI=1S/C18H21N5/c1-22-7-9-23(10-8-22)13-14-3-2-4-15(11-14)16-5-6-17-18(12-16)20-21-19-17/h2-6,11-12H,7-10,13H2,1H3,(H,19,20,21). The van der Waals surface area contributed by atoms with Gasteiger partial charge in [-0.1, -0.05) is 24.3 Å². The SMILES string of the molecule is CN1CCN(Cc2cccc(-c3ccc4n[nH]nc4c3)c2)CC1. The topological polar surface area (TPSA) is 48.0 Å². The van der Waals surface area contributed by atoms with Gasteiger partial charge in [-0.15, -0.1) is 0 Å². The molecule has 0 saturated carbocycles. The zero-order valence-corrected chi connectivity index (χ0v) is 13.4. The molecule has 0 amide bonds. The molecule has 2 aromatic carbocycles. The molecule has 1 saturated heterocycles. The van der Waals surface area contributed by atoms with Crippen LogP contribution in [0.5, 0.6) is 0 Å². The average molecular weight is 307 g/mol. The van der Waals surface area contributed by atoms with Gasteiger partial charge in [-0.2, -0.15) is 15.4 Å². The lowest BCUT2D eigenvalue weighted by molar-refractivity contribution is 0.148. The fourth-order valence-corrected chi connectivity index (χ4v) is 3.13. The van der Waals surface area contributed by atoms with Crippen molar-refractivity contribution in [2.24, 2.45) is 0 Å². The van der Waals surface area contributed by atoms with Crippen LogP contribution in [0.2, 0.25) is 0 Å². The summed E-state index contributed by atoms with van der Waals surface area (Å²) in [5.41, 5.74) is 5.61. The molecule has 1 aromatic heterocycles. The summed E-state index contributed by atoms with van der Waals surface area (Å²) in [6.07, 6.45) is 0. The Kier molecular flexibility index (Phi) is 3.81. The molecule has 5 heteroatoms. The smallest absolute Gasteiger partial charge is 0.113 e. The lowest BCUT2D eigenvalue weighted by atomic mass is 10.0. The average Bonchev–Trinajstić information content (AvgIpc) is 3.05. The molecule has 0 atom stereocenters. The number of hydrogen-bond acceptors (Lipinski definition) is 4. The zero-order valence-electron chi connectivity index (χ0n) is 13.4. The van der Waals surface area contributed by atoms with E-state index in [0.717, 1.165) is 43.8 Å². The number of H-pyrrole nitrogens is 1. The number of hydrogen-bond donors (Lipinski definition) is 1. The third-order valence-corrected chi connectivity index (χ3v) is 4.58. The molecule has 0 spiro atoms. The van der Waals surface area contributed by atoms with Crippen LogP contribution in [0, 0.1) is 0 Å². The molecule has 2 heterocycles. The van der Waals surface area contributed by atoms with Crippen molar-refractivity contribution < 1.29 is 0 Å². The second-order valence-electron chi connectivity index (χ2n) is 6.31. The van der Waals surface area contributed by atoms with Gasteiger partial charge in [0, 0.05) is 32.7 Å². The van der Waals surface area contributed by atoms with Gasteiger partial charge in [0.25, 0.3) is 0 Å². The predicted octanol–water partition coefficient (Wildman–Crippen LogP) is 2.37. The van der Waals surface area contributed by atoms with Crippen LogP contribution in [0.1, 0.15) is 5.56 Å². The highest BCUT2D eigenvalue weighted by atomic mass is 15.3. The quantitative estimate of drug-likeness (QED) is 0.807. The van der Waals surface area contributed by atoms with E-state index in [1.54, 1.807) is 0 Å². The van der Waals surface area contributed by atoms with Gasteiger partial charge in [-0.3, -0.25) is 4.90 Å². The molecular formula is C18H21N5. The van der Waals surface area contributed by atoms with Crippen LogP contribution < -0.4 is 0 Å². The largest absolute Gasteiger partial charge is 0.304 e. The Morgan fingerprint density at radius 1 is 0.913 bits per heavy atom. The number of fused-ring (bicyclic) bond motifs is 1. The van der Waals surface area contributed by atoms with Crippen LogP contribution in [0.15, 0.2) is 42.5 Å². The molecule has 0 radical (unpaired) electrons. The Morgan fingerprint density at radius 3 is 2.57 bits per heavy atom. The van der Waals surface area contributed by atoms with Crippen molar-refractivity contribution >= 4 is 11.0 Å². The molecule has 1 aliphatic rings. The number of nitrogens with zero attached hydrogens (tertiary/aromatic N) is 4. The summed E-state index contributed by atoms with van der Waals surface area (Å²) >= 11 is 0. The molecular weight excluding hydrogens is 286 g/mol. The van der Waals surface area contributed by atoms with Crippen molar-refractivity contribution in [3.8, 4) is 11.1 Å². The number of aromatic amines is 1. The molecule has 5 nitrogen and oxygen atoms in total. The highest BCUT2D eigenvalue weighted by Crippen LogP contribution is 2.24. The van der Waals surface area contributed by atoms with E-state index in [-0.39, 0.29) is 0 Å². The van der Waals surface area contributed by atoms with Crippen molar-refractivity contribution in [3.63, 3.8) is 0 Å². The summed E-state index contributed by atoms with van der Waals surface area (Å²) in [5.74, 6) is 0. The number of rotatable bonds is 3. The summed E-state index contributed by atoms with van der Waals surface area (Å²) in [7, 11) is 2.19. The van der Waals surface area contributed by atoms with Gasteiger partial charge in [-0.25, -0.2) is 0 Å². The van der Waals surface area contributed by atoms with E-state index in [1.165, 1.54) is 16.7 Å². The van der Waals surface area contributed by atoms with E-state index >= 15 is 0 Å². The predicted molar refractivity (Wildman–Crippen MR) is 92.1 cm³/mol. The molecule has 0 aliphatic carbocycles. The Bertz CT molecular complexity index is 802. The number of aromatic nitrogens is 3. The van der Waals surface area contributed by atoms with E-state index in [0.29, 0.717) is 0 Å². The van der Waals surface area contributed by atoms with Gasteiger partial charge in [0.05, 0.1) is 0 Å². The normalized spacial score (nSPS) is 16.9. The van der Waals surface area contributed by atoms with Gasteiger partial charge >= 0.3 is 0 Å². The molecule has 0 unspecified atom stereocenters. The minimum Gasteiger partial charge on any atom is -0.304 e. The van der Waals surface area contributed by atoms with Gasteiger partial charge in [0.2, 0.25) is 0 Å². The Balaban J connectivity index is 1.55. The van der Waals surface area contributed by atoms with E-state index in [1.807, 2.05) is 6.07 Å². The number of nitrogens with one attached hydrogen (secondary N) is 1. The second-order valence-corrected chi connectivity index (χ2v) is 6.31. The number of benzene rings is 2. The van der Waals surface area contributed by atoms with Crippen LogP contribution in [0.4, 0.5) is 0 Å².